The molecular formula is C9H18N4O2. The molecule has 15 heavy (non-hydrogen) atoms. The maximum absolute atomic E-state index is 5.35. The van der Waals surface area contributed by atoms with E-state index in [-0.39, 0.29) is 6.04 Å². The maximum atomic E-state index is 5.35. The molecule has 0 aliphatic carbocycles. The molecule has 1 unspecified atom stereocenters. The Morgan fingerprint density at radius 2 is 2.27 bits per heavy atom. The van der Waals surface area contributed by atoms with Crippen molar-refractivity contribution in [2.75, 3.05) is 26.1 Å². The molecule has 86 valence electrons. The van der Waals surface area contributed by atoms with Gasteiger partial charge in [-0.05, 0) is 13.5 Å². The number of nitrogens with zero attached hydrogens (tertiary/aromatic N) is 2. The Kier molecular flexibility index (Phi) is 5.06. The van der Waals surface area contributed by atoms with Gasteiger partial charge in [0.2, 0.25) is 5.89 Å². The van der Waals surface area contributed by atoms with Gasteiger partial charge in [0.15, 0.2) is 0 Å². The Morgan fingerprint density at radius 1 is 1.47 bits per heavy atom. The molecule has 0 radical (unpaired) electrons. The zero-order valence-electron chi connectivity index (χ0n) is 9.41. The molecule has 1 atom stereocenters. The molecule has 0 spiro atoms. The highest BCUT2D eigenvalue weighted by atomic mass is 16.5. The molecular weight excluding hydrogens is 196 g/mol. The van der Waals surface area contributed by atoms with Gasteiger partial charge >= 0.3 is 6.01 Å². The zero-order valence-corrected chi connectivity index (χ0v) is 9.41. The van der Waals surface area contributed by atoms with Crippen molar-refractivity contribution in [1.82, 2.24) is 15.5 Å². The minimum Gasteiger partial charge on any atom is -0.407 e. The van der Waals surface area contributed by atoms with Crippen LogP contribution in [-0.2, 0) is 11.3 Å². The Balaban J connectivity index is 2.47. The third-order valence-electron chi connectivity index (χ3n) is 1.98. The van der Waals surface area contributed by atoms with Gasteiger partial charge < -0.3 is 19.8 Å². The summed E-state index contributed by atoms with van der Waals surface area (Å²) in [5, 5.41) is 13.8. The minimum atomic E-state index is 0.206. The highest BCUT2D eigenvalue weighted by Gasteiger charge is 2.10. The Morgan fingerprint density at radius 3 is 2.87 bits per heavy atom. The second-order valence-corrected chi connectivity index (χ2v) is 3.24. The molecule has 2 N–H and O–H groups in total. The molecule has 1 aromatic rings. The summed E-state index contributed by atoms with van der Waals surface area (Å²) in [6.45, 7) is 3.28. The van der Waals surface area contributed by atoms with Crippen molar-refractivity contribution in [1.29, 1.82) is 0 Å². The number of ether oxygens (including phenoxy) is 1. The van der Waals surface area contributed by atoms with Crippen LogP contribution in [0.15, 0.2) is 4.42 Å². The fourth-order valence-corrected chi connectivity index (χ4v) is 1.17. The molecule has 0 aromatic carbocycles. The Hall–Kier alpha value is -1.14. The summed E-state index contributed by atoms with van der Waals surface area (Å²) in [6.07, 6.45) is 0.942. The number of aromatic nitrogens is 2. The van der Waals surface area contributed by atoms with Crippen LogP contribution in [0.5, 0.6) is 0 Å². The van der Waals surface area contributed by atoms with Gasteiger partial charge in [0.05, 0.1) is 19.2 Å². The highest BCUT2D eigenvalue weighted by molar-refractivity contribution is 5.19. The number of anilines is 1. The van der Waals surface area contributed by atoms with E-state index in [1.54, 1.807) is 7.11 Å². The first-order chi connectivity index (χ1) is 7.30. The van der Waals surface area contributed by atoms with E-state index >= 15 is 0 Å². The number of methoxy groups -OCH3 is 1. The first-order valence-electron chi connectivity index (χ1n) is 5.02. The van der Waals surface area contributed by atoms with Crippen LogP contribution in [0.2, 0.25) is 0 Å². The fourth-order valence-electron chi connectivity index (χ4n) is 1.17. The normalized spacial score (nSPS) is 12.7. The lowest BCUT2D eigenvalue weighted by Crippen LogP contribution is -2.24. The number of nitrogens with one attached hydrogen (secondary N) is 2. The van der Waals surface area contributed by atoms with E-state index < -0.39 is 0 Å². The van der Waals surface area contributed by atoms with Crippen molar-refractivity contribution in [3.05, 3.63) is 5.89 Å². The highest BCUT2D eigenvalue weighted by Crippen LogP contribution is 2.08. The molecule has 0 fully saturated rings. The standard InChI is InChI=1S/C9H18N4O2/c1-4-7(6-14-3)11-9-13-12-8(15-9)5-10-2/h7,10H,4-6H2,1-3H3,(H,11,13). The molecule has 0 aliphatic rings. The lowest BCUT2D eigenvalue weighted by atomic mass is 10.2. The Labute approximate surface area is 89.4 Å². The molecule has 0 amide bonds. The number of hydrogen-bond acceptors (Lipinski definition) is 6. The van der Waals surface area contributed by atoms with E-state index in [0.717, 1.165) is 6.42 Å². The predicted octanol–water partition coefficient (Wildman–Crippen LogP) is 0.626. The van der Waals surface area contributed by atoms with E-state index in [1.165, 1.54) is 0 Å². The van der Waals surface area contributed by atoms with Crippen LogP contribution in [0.25, 0.3) is 0 Å². The van der Waals surface area contributed by atoms with E-state index in [9.17, 15) is 0 Å². The van der Waals surface area contributed by atoms with Crippen molar-refractivity contribution >= 4 is 6.01 Å². The largest absolute Gasteiger partial charge is 0.407 e. The molecule has 6 nitrogen and oxygen atoms in total. The second kappa shape index (κ2) is 6.36. The van der Waals surface area contributed by atoms with Gasteiger partial charge in [-0.1, -0.05) is 12.0 Å². The van der Waals surface area contributed by atoms with Gasteiger partial charge in [0.1, 0.15) is 0 Å². The number of rotatable bonds is 7. The average molecular weight is 214 g/mol. The fraction of sp³-hybridized carbons (Fsp3) is 0.778. The first-order valence-corrected chi connectivity index (χ1v) is 5.02. The van der Waals surface area contributed by atoms with Crippen LogP contribution >= 0.6 is 0 Å². The number of hydrogen-bond donors (Lipinski definition) is 2. The molecule has 1 heterocycles. The average Bonchev–Trinajstić information content (AvgIpc) is 2.66. The van der Waals surface area contributed by atoms with Crippen molar-refractivity contribution < 1.29 is 9.15 Å². The lowest BCUT2D eigenvalue weighted by molar-refractivity contribution is 0.183. The summed E-state index contributed by atoms with van der Waals surface area (Å²) in [4.78, 5) is 0. The maximum Gasteiger partial charge on any atom is 0.315 e. The molecule has 0 bridgehead atoms. The van der Waals surface area contributed by atoms with E-state index in [2.05, 4.69) is 27.8 Å². The molecule has 0 saturated carbocycles. The van der Waals surface area contributed by atoms with Crippen molar-refractivity contribution in [3.8, 4) is 0 Å². The summed E-state index contributed by atoms with van der Waals surface area (Å²) >= 11 is 0. The summed E-state index contributed by atoms with van der Waals surface area (Å²) in [7, 11) is 3.50. The minimum absolute atomic E-state index is 0.206. The van der Waals surface area contributed by atoms with Crippen molar-refractivity contribution in [2.45, 2.75) is 25.9 Å². The van der Waals surface area contributed by atoms with E-state index in [0.29, 0.717) is 25.1 Å². The molecule has 6 heteroatoms. The van der Waals surface area contributed by atoms with E-state index in [4.69, 9.17) is 9.15 Å². The molecule has 1 aromatic heterocycles. The van der Waals surface area contributed by atoms with Crippen LogP contribution in [0.4, 0.5) is 6.01 Å². The van der Waals surface area contributed by atoms with Crippen molar-refractivity contribution in [3.63, 3.8) is 0 Å². The smallest absolute Gasteiger partial charge is 0.315 e. The van der Waals surface area contributed by atoms with Crippen LogP contribution < -0.4 is 10.6 Å². The first kappa shape index (κ1) is 11.9. The van der Waals surface area contributed by atoms with Crippen LogP contribution in [-0.4, -0.2) is 37.0 Å². The van der Waals surface area contributed by atoms with Gasteiger partial charge in [-0.2, -0.15) is 0 Å². The van der Waals surface area contributed by atoms with Crippen molar-refractivity contribution in [2.24, 2.45) is 0 Å². The monoisotopic (exact) mass is 214 g/mol. The third-order valence-corrected chi connectivity index (χ3v) is 1.98. The summed E-state index contributed by atoms with van der Waals surface area (Å²) in [6, 6.07) is 0.655. The lowest BCUT2D eigenvalue weighted by Gasteiger charge is -2.13. The van der Waals surface area contributed by atoms with Gasteiger partial charge in [-0.25, -0.2) is 0 Å². The van der Waals surface area contributed by atoms with Gasteiger partial charge in [0.25, 0.3) is 0 Å². The summed E-state index contributed by atoms with van der Waals surface area (Å²) in [5.74, 6) is 0.576. The predicted molar refractivity (Wildman–Crippen MR) is 56.6 cm³/mol. The summed E-state index contributed by atoms with van der Waals surface area (Å²) < 4.78 is 10.4. The van der Waals surface area contributed by atoms with Gasteiger partial charge in [-0.3, -0.25) is 0 Å². The molecule has 0 saturated heterocycles. The summed E-state index contributed by atoms with van der Waals surface area (Å²) in [5.41, 5.74) is 0. The van der Waals surface area contributed by atoms with Crippen LogP contribution in [0.3, 0.4) is 0 Å². The quantitative estimate of drug-likeness (QED) is 0.693. The van der Waals surface area contributed by atoms with Gasteiger partial charge in [-0.15, -0.1) is 5.10 Å². The van der Waals surface area contributed by atoms with Gasteiger partial charge in [0, 0.05) is 7.11 Å². The van der Waals surface area contributed by atoms with Crippen LogP contribution in [0.1, 0.15) is 19.2 Å². The third kappa shape index (κ3) is 3.85. The Bertz CT molecular complexity index is 277. The zero-order chi connectivity index (χ0) is 11.1. The topological polar surface area (TPSA) is 72.2 Å². The molecule has 1 rings (SSSR count). The van der Waals surface area contributed by atoms with Crippen LogP contribution in [0, 0.1) is 0 Å². The second-order valence-electron chi connectivity index (χ2n) is 3.24. The van der Waals surface area contributed by atoms with E-state index in [1.807, 2.05) is 7.05 Å². The molecule has 0 aliphatic heterocycles. The SMILES string of the molecule is CCC(COC)Nc1nnc(CNC)o1.